The Morgan fingerprint density at radius 1 is 1.21 bits per heavy atom. The first kappa shape index (κ1) is 19.5. The maximum Gasteiger partial charge on any atom is 0.249 e. The number of hydrogen-bond donors (Lipinski definition) is 0. The van der Waals surface area contributed by atoms with Crippen LogP contribution in [-0.2, 0) is 4.79 Å². The number of amides is 1. The van der Waals surface area contributed by atoms with Crippen LogP contribution in [0.15, 0.2) is 64.0 Å². The molecule has 150 valence electrons. The van der Waals surface area contributed by atoms with Crippen LogP contribution in [0.3, 0.4) is 0 Å². The smallest absolute Gasteiger partial charge is 0.249 e. The molecule has 7 heteroatoms. The van der Waals surface area contributed by atoms with Gasteiger partial charge >= 0.3 is 0 Å². The number of carbonyl (C=O) groups excluding carboxylic acids is 1. The van der Waals surface area contributed by atoms with Gasteiger partial charge in [0, 0.05) is 17.0 Å². The Morgan fingerprint density at radius 3 is 2.90 bits per heavy atom. The van der Waals surface area contributed by atoms with Gasteiger partial charge in [0.25, 0.3) is 0 Å². The predicted molar refractivity (Wildman–Crippen MR) is 112 cm³/mol. The number of benzene rings is 2. The number of methoxy groups -OCH3 is 1. The number of ether oxygens (including phenoxy) is 1. The van der Waals surface area contributed by atoms with E-state index in [2.05, 4.69) is 10.1 Å². The number of thioether (sulfide) groups is 1. The van der Waals surface area contributed by atoms with Crippen molar-refractivity contribution in [3.05, 3.63) is 60.5 Å². The van der Waals surface area contributed by atoms with Gasteiger partial charge in [-0.3, -0.25) is 4.79 Å². The summed E-state index contributed by atoms with van der Waals surface area (Å²) < 4.78 is 10.8. The Bertz CT molecular complexity index is 961. The van der Waals surface area contributed by atoms with Crippen LogP contribution in [0.2, 0.25) is 0 Å². The van der Waals surface area contributed by atoms with Crippen molar-refractivity contribution >= 4 is 17.7 Å². The minimum atomic E-state index is -0.167. The first-order valence-electron chi connectivity index (χ1n) is 9.70. The molecule has 4 rings (SSSR count). The van der Waals surface area contributed by atoms with Gasteiger partial charge in [-0.2, -0.15) is 4.98 Å². The molecule has 6 nitrogen and oxygen atoms in total. The van der Waals surface area contributed by atoms with Crippen molar-refractivity contribution in [2.75, 3.05) is 19.4 Å². The average Bonchev–Trinajstić information content (AvgIpc) is 3.28. The number of nitrogens with zero attached hydrogens (tertiary/aromatic N) is 3. The highest BCUT2D eigenvalue weighted by Gasteiger charge is 2.32. The number of hydrogen-bond acceptors (Lipinski definition) is 6. The molecule has 1 aliphatic rings. The van der Waals surface area contributed by atoms with Crippen molar-refractivity contribution in [3.63, 3.8) is 0 Å². The molecule has 0 N–H and O–H groups in total. The number of rotatable bonds is 6. The van der Waals surface area contributed by atoms with E-state index in [9.17, 15) is 4.79 Å². The van der Waals surface area contributed by atoms with Gasteiger partial charge in [-0.05, 0) is 43.5 Å². The molecule has 1 atom stereocenters. The highest BCUT2D eigenvalue weighted by molar-refractivity contribution is 8.00. The molecule has 1 amide bonds. The molecule has 0 saturated carbocycles. The highest BCUT2D eigenvalue weighted by atomic mass is 32.2. The molecule has 0 spiro atoms. The van der Waals surface area contributed by atoms with E-state index in [-0.39, 0.29) is 11.9 Å². The third-order valence-electron chi connectivity index (χ3n) is 4.98. The molecule has 1 unspecified atom stereocenters. The summed E-state index contributed by atoms with van der Waals surface area (Å²) in [5, 5.41) is 4.14. The van der Waals surface area contributed by atoms with Crippen molar-refractivity contribution in [2.24, 2.45) is 0 Å². The molecule has 0 aliphatic carbocycles. The van der Waals surface area contributed by atoms with Crippen molar-refractivity contribution in [2.45, 2.75) is 30.2 Å². The van der Waals surface area contributed by atoms with Gasteiger partial charge in [-0.25, -0.2) is 0 Å². The van der Waals surface area contributed by atoms with Crippen LogP contribution in [0, 0.1) is 0 Å². The quantitative estimate of drug-likeness (QED) is 0.555. The molecule has 2 aromatic carbocycles. The molecule has 2 heterocycles. The highest BCUT2D eigenvalue weighted by Crippen LogP contribution is 2.32. The molecule has 0 bridgehead atoms. The Morgan fingerprint density at radius 2 is 2.07 bits per heavy atom. The number of aromatic nitrogens is 2. The molecule has 1 aliphatic heterocycles. The van der Waals surface area contributed by atoms with Crippen LogP contribution < -0.4 is 4.74 Å². The van der Waals surface area contributed by atoms with Gasteiger partial charge in [0.1, 0.15) is 11.8 Å². The zero-order valence-corrected chi connectivity index (χ0v) is 17.1. The maximum absolute atomic E-state index is 12.9. The van der Waals surface area contributed by atoms with Gasteiger partial charge in [0.05, 0.1) is 12.9 Å². The summed E-state index contributed by atoms with van der Waals surface area (Å²) in [6.45, 7) is 0.718. The predicted octanol–water partition coefficient (Wildman–Crippen LogP) is 4.59. The standard InChI is InChI=1S/C22H23N3O3S/c1-27-17-9-7-8-16(14-17)21-23-22(28-24-21)19-12-5-6-13-25(19)20(26)15-29-18-10-3-2-4-11-18/h2-4,7-11,14,19H,5-6,12-13,15H2,1H3. The second kappa shape index (κ2) is 9.13. The number of piperidine rings is 1. The monoisotopic (exact) mass is 409 g/mol. The van der Waals surface area contributed by atoms with E-state index >= 15 is 0 Å². The Hall–Kier alpha value is -2.80. The van der Waals surface area contributed by atoms with Gasteiger partial charge in [0.15, 0.2) is 0 Å². The zero-order valence-electron chi connectivity index (χ0n) is 16.3. The van der Waals surface area contributed by atoms with E-state index in [1.165, 1.54) is 0 Å². The third kappa shape index (κ3) is 4.62. The van der Waals surface area contributed by atoms with Crippen LogP contribution in [-0.4, -0.2) is 40.4 Å². The van der Waals surface area contributed by atoms with Gasteiger partial charge < -0.3 is 14.2 Å². The first-order chi connectivity index (χ1) is 14.2. The van der Waals surface area contributed by atoms with E-state index < -0.39 is 0 Å². The lowest BCUT2D eigenvalue weighted by molar-refractivity contribution is -0.132. The van der Waals surface area contributed by atoms with Crippen molar-refractivity contribution < 1.29 is 14.1 Å². The molecule has 0 radical (unpaired) electrons. The third-order valence-corrected chi connectivity index (χ3v) is 5.98. The molecule has 1 fully saturated rings. The minimum Gasteiger partial charge on any atom is -0.497 e. The lowest BCUT2D eigenvalue weighted by Gasteiger charge is -2.33. The van der Waals surface area contributed by atoms with E-state index in [1.54, 1.807) is 18.9 Å². The van der Waals surface area contributed by atoms with Crippen LogP contribution in [0.4, 0.5) is 0 Å². The van der Waals surface area contributed by atoms with Crippen molar-refractivity contribution in [3.8, 4) is 17.1 Å². The Labute approximate surface area is 174 Å². The normalized spacial score (nSPS) is 16.6. The average molecular weight is 410 g/mol. The molecule has 3 aromatic rings. The van der Waals surface area contributed by atoms with Gasteiger partial charge in [-0.1, -0.05) is 35.5 Å². The van der Waals surface area contributed by atoms with Crippen LogP contribution in [0.1, 0.15) is 31.2 Å². The topological polar surface area (TPSA) is 68.5 Å². The summed E-state index contributed by atoms with van der Waals surface area (Å²) in [6, 6.07) is 17.4. The number of carbonyl (C=O) groups is 1. The SMILES string of the molecule is COc1cccc(-c2noc(C3CCCCN3C(=O)CSc3ccccc3)n2)c1. The summed E-state index contributed by atoms with van der Waals surface area (Å²) >= 11 is 1.55. The first-order valence-corrected chi connectivity index (χ1v) is 10.7. The molecule has 1 aromatic heterocycles. The lowest BCUT2D eigenvalue weighted by Crippen LogP contribution is -2.39. The van der Waals surface area contributed by atoms with Gasteiger partial charge in [-0.15, -0.1) is 11.8 Å². The van der Waals surface area contributed by atoms with Crippen LogP contribution in [0.5, 0.6) is 5.75 Å². The zero-order chi connectivity index (χ0) is 20.1. The van der Waals surface area contributed by atoms with Crippen LogP contribution in [0.25, 0.3) is 11.4 Å². The second-order valence-electron chi connectivity index (χ2n) is 6.89. The van der Waals surface area contributed by atoms with E-state index in [1.807, 2.05) is 59.5 Å². The van der Waals surface area contributed by atoms with E-state index in [0.29, 0.717) is 17.5 Å². The number of likely N-dealkylation sites (tertiary alicyclic amines) is 1. The summed E-state index contributed by atoms with van der Waals surface area (Å²) in [4.78, 5) is 20.5. The summed E-state index contributed by atoms with van der Waals surface area (Å²) in [5.41, 5.74) is 0.827. The summed E-state index contributed by atoms with van der Waals surface area (Å²) in [5.74, 6) is 2.25. The molecule has 1 saturated heterocycles. The lowest BCUT2D eigenvalue weighted by atomic mass is 10.0. The van der Waals surface area contributed by atoms with E-state index in [4.69, 9.17) is 9.26 Å². The molecular formula is C22H23N3O3S. The van der Waals surface area contributed by atoms with Gasteiger partial charge in [0.2, 0.25) is 17.6 Å². The van der Waals surface area contributed by atoms with Crippen LogP contribution >= 0.6 is 11.8 Å². The van der Waals surface area contributed by atoms with Crippen molar-refractivity contribution in [1.82, 2.24) is 15.0 Å². The summed E-state index contributed by atoms with van der Waals surface area (Å²) in [6.07, 6.45) is 2.87. The fraction of sp³-hybridized carbons (Fsp3) is 0.318. The second-order valence-corrected chi connectivity index (χ2v) is 7.94. The Balaban J connectivity index is 1.48. The largest absolute Gasteiger partial charge is 0.497 e. The fourth-order valence-electron chi connectivity index (χ4n) is 3.48. The molecule has 29 heavy (non-hydrogen) atoms. The van der Waals surface area contributed by atoms with Crippen molar-refractivity contribution in [1.29, 1.82) is 0 Å². The van der Waals surface area contributed by atoms with E-state index in [0.717, 1.165) is 42.0 Å². The maximum atomic E-state index is 12.9. The minimum absolute atomic E-state index is 0.102. The Kier molecular flexibility index (Phi) is 6.14. The molecular weight excluding hydrogens is 386 g/mol. The summed E-state index contributed by atoms with van der Waals surface area (Å²) in [7, 11) is 1.62. The fourth-order valence-corrected chi connectivity index (χ4v) is 4.29.